The van der Waals surface area contributed by atoms with Gasteiger partial charge in [-0.25, -0.2) is 4.79 Å². The summed E-state index contributed by atoms with van der Waals surface area (Å²) in [6.07, 6.45) is 2.25. The van der Waals surface area contributed by atoms with E-state index in [2.05, 4.69) is 5.32 Å². The second-order valence-electron chi connectivity index (χ2n) is 4.29. The van der Waals surface area contributed by atoms with E-state index in [0.29, 0.717) is 18.5 Å². The predicted molar refractivity (Wildman–Crippen MR) is 75.4 cm³/mol. The molecule has 0 amide bonds. The zero-order valence-corrected chi connectivity index (χ0v) is 11.6. The number of carboxylic acids is 1. The molecule has 0 saturated carbocycles. The molecule has 4 nitrogen and oxygen atoms in total. The fourth-order valence-electron chi connectivity index (χ4n) is 1.77. The van der Waals surface area contributed by atoms with Crippen LogP contribution in [0.4, 0.5) is 0 Å². The van der Waals surface area contributed by atoms with E-state index in [1.165, 1.54) is 0 Å². The van der Waals surface area contributed by atoms with E-state index in [1.54, 1.807) is 13.2 Å². The summed E-state index contributed by atoms with van der Waals surface area (Å²) in [7, 11) is 1.64. The summed E-state index contributed by atoms with van der Waals surface area (Å²) in [6, 6.07) is 7.96. The number of carboxylic acid groups (broad SMARTS) is 1. The van der Waals surface area contributed by atoms with Crippen LogP contribution >= 0.6 is 0 Å². The second-order valence-corrected chi connectivity index (χ2v) is 4.29. The Morgan fingerprint density at radius 2 is 2.26 bits per heavy atom. The fourth-order valence-corrected chi connectivity index (χ4v) is 1.77. The molecule has 0 aromatic heterocycles. The molecule has 104 valence electrons. The number of benzene rings is 1. The van der Waals surface area contributed by atoms with Crippen LogP contribution < -0.4 is 10.1 Å². The number of hydrogen-bond donors (Lipinski definition) is 2. The van der Waals surface area contributed by atoms with E-state index in [-0.39, 0.29) is 6.04 Å². The van der Waals surface area contributed by atoms with Gasteiger partial charge in [0.25, 0.3) is 0 Å². The van der Waals surface area contributed by atoms with Crippen molar-refractivity contribution >= 4 is 5.97 Å². The van der Waals surface area contributed by atoms with Gasteiger partial charge in [-0.15, -0.1) is 0 Å². The Kier molecular flexibility index (Phi) is 6.09. The van der Waals surface area contributed by atoms with Crippen molar-refractivity contribution in [3.8, 4) is 5.75 Å². The maximum Gasteiger partial charge on any atom is 0.331 e. The molecule has 1 atom stereocenters. The summed E-state index contributed by atoms with van der Waals surface area (Å²) in [5, 5.41) is 12.2. The molecule has 0 spiro atoms. The van der Waals surface area contributed by atoms with Crippen LogP contribution in [0.3, 0.4) is 0 Å². The van der Waals surface area contributed by atoms with Crippen molar-refractivity contribution in [2.24, 2.45) is 0 Å². The monoisotopic (exact) mass is 263 g/mol. The summed E-state index contributed by atoms with van der Waals surface area (Å²) in [6.45, 7) is 4.41. The van der Waals surface area contributed by atoms with Gasteiger partial charge in [0.15, 0.2) is 0 Å². The number of carbonyl (C=O) groups is 1. The number of ether oxygens (including phenoxy) is 1. The third kappa shape index (κ3) is 4.75. The average Bonchev–Trinajstić information content (AvgIpc) is 2.43. The molecule has 4 heteroatoms. The molecule has 19 heavy (non-hydrogen) atoms. The van der Waals surface area contributed by atoms with Crippen molar-refractivity contribution in [3.05, 3.63) is 41.5 Å². The molecule has 0 unspecified atom stereocenters. The van der Waals surface area contributed by atoms with Gasteiger partial charge in [-0.2, -0.15) is 0 Å². The number of methoxy groups -OCH3 is 1. The second kappa shape index (κ2) is 7.59. The lowest BCUT2D eigenvalue weighted by molar-refractivity contribution is -0.132. The summed E-state index contributed by atoms with van der Waals surface area (Å²) >= 11 is 0. The van der Waals surface area contributed by atoms with Crippen LogP contribution in [-0.4, -0.2) is 24.7 Å². The van der Waals surface area contributed by atoms with Crippen LogP contribution in [0, 0.1) is 0 Å². The number of rotatable bonds is 7. The lowest BCUT2D eigenvalue weighted by atomic mass is 10.1. The van der Waals surface area contributed by atoms with Gasteiger partial charge in [0.05, 0.1) is 7.11 Å². The molecule has 0 saturated heterocycles. The van der Waals surface area contributed by atoms with Crippen LogP contribution in [0.1, 0.15) is 31.9 Å². The largest absolute Gasteiger partial charge is 0.497 e. The average molecular weight is 263 g/mol. The first-order valence-electron chi connectivity index (χ1n) is 6.38. The topological polar surface area (TPSA) is 58.6 Å². The maximum absolute atomic E-state index is 10.8. The van der Waals surface area contributed by atoms with Crippen LogP contribution in [0.15, 0.2) is 35.9 Å². The number of aliphatic carboxylic acids is 1. The molecular weight excluding hydrogens is 242 g/mol. The minimum absolute atomic E-state index is 0.137. The zero-order valence-electron chi connectivity index (χ0n) is 11.6. The summed E-state index contributed by atoms with van der Waals surface area (Å²) in [4.78, 5) is 10.8. The van der Waals surface area contributed by atoms with Crippen molar-refractivity contribution in [2.45, 2.75) is 26.3 Å². The Hall–Kier alpha value is -1.81. The van der Waals surface area contributed by atoms with E-state index in [9.17, 15) is 4.79 Å². The SMILES string of the molecule is CC/C(=C/CN[C@H](C)c1cccc(OC)c1)C(=O)O. The molecule has 0 aliphatic heterocycles. The van der Waals surface area contributed by atoms with Crippen LogP contribution in [0.25, 0.3) is 0 Å². The van der Waals surface area contributed by atoms with Crippen LogP contribution in [0.2, 0.25) is 0 Å². The standard InChI is InChI=1S/C15H21NO3/c1-4-12(15(17)18)8-9-16-11(2)13-6-5-7-14(10-13)19-3/h5-8,10-11,16H,4,9H2,1-3H3,(H,17,18)/b12-8-/t11-/m1/s1. The van der Waals surface area contributed by atoms with Crippen molar-refractivity contribution in [1.82, 2.24) is 5.32 Å². The van der Waals surface area contributed by atoms with E-state index >= 15 is 0 Å². The Morgan fingerprint density at radius 3 is 2.84 bits per heavy atom. The fraction of sp³-hybridized carbons (Fsp3) is 0.400. The quantitative estimate of drug-likeness (QED) is 0.743. The molecule has 0 aliphatic carbocycles. The molecule has 2 N–H and O–H groups in total. The van der Waals surface area contributed by atoms with Crippen LogP contribution in [0.5, 0.6) is 5.75 Å². The van der Waals surface area contributed by atoms with Gasteiger partial charge in [-0.05, 0) is 31.0 Å². The molecule has 0 fully saturated rings. The minimum Gasteiger partial charge on any atom is -0.497 e. The molecular formula is C15H21NO3. The Labute approximate surface area is 114 Å². The first-order valence-corrected chi connectivity index (χ1v) is 6.38. The van der Waals surface area contributed by atoms with Gasteiger partial charge in [0.1, 0.15) is 5.75 Å². The van der Waals surface area contributed by atoms with E-state index in [0.717, 1.165) is 11.3 Å². The third-order valence-electron chi connectivity index (χ3n) is 3.02. The molecule has 0 bridgehead atoms. The van der Waals surface area contributed by atoms with Gasteiger partial charge in [-0.3, -0.25) is 0 Å². The molecule has 1 aromatic rings. The Bertz CT molecular complexity index is 454. The smallest absolute Gasteiger partial charge is 0.331 e. The lowest BCUT2D eigenvalue weighted by Crippen LogP contribution is -2.19. The van der Waals surface area contributed by atoms with Crippen molar-refractivity contribution < 1.29 is 14.6 Å². The Morgan fingerprint density at radius 1 is 1.53 bits per heavy atom. The highest BCUT2D eigenvalue weighted by molar-refractivity contribution is 5.86. The normalized spacial score (nSPS) is 13.1. The molecule has 0 radical (unpaired) electrons. The highest BCUT2D eigenvalue weighted by Crippen LogP contribution is 2.18. The first-order chi connectivity index (χ1) is 9.08. The first kappa shape index (κ1) is 15.2. The van der Waals surface area contributed by atoms with Crippen molar-refractivity contribution in [3.63, 3.8) is 0 Å². The van der Waals surface area contributed by atoms with Gasteiger partial charge >= 0.3 is 5.97 Å². The Balaban J connectivity index is 2.59. The van der Waals surface area contributed by atoms with E-state index in [4.69, 9.17) is 9.84 Å². The minimum atomic E-state index is -0.849. The maximum atomic E-state index is 10.8. The van der Waals surface area contributed by atoms with Gasteiger partial charge in [0.2, 0.25) is 0 Å². The lowest BCUT2D eigenvalue weighted by Gasteiger charge is -2.14. The number of nitrogens with one attached hydrogen (secondary N) is 1. The zero-order chi connectivity index (χ0) is 14.3. The summed E-state index contributed by atoms with van der Waals surface area (Å²) in [5.74, 6) is -0.0280. The van der Waals surface area contributed by atoms with Crippen molar-refractivity contribution in [1.29, 1.82) is 0 Å². The molecule has 0 heterocycles. The van der Waals surface area contributed by atoms with Crippen LogP contribution in [-0.2, 0) is 4.79 Å². The van der Waals surface area contributed by atoms with E-state index in [1.807, 2.05) is 38.1 Å². The van der Waals surface area contributed by atoms with Gasteiger partial charge in [0, 0.05) is 18.2 Å². The number of hydrogen-bond acceptors (Lipinski definition) is 3. The van der Waals surface area contributed by atoms with Crippen molar-refractivity contribution in [2.75, 3.05) is 13.7 Å². The molecule has 0 aliphatic rings. The highest BCUT2D eigenvalue weighted by Gasteiger charge is 2.06. The van der Waals surface area contributed by atoms with E-state index < -0.39 is 5.97 Å². The molecule has 1 aromatic carbocycles. The third-order valence-corrected chi connectivity index (χ3v) is 3.02. The van der Waals surface area contributed by atoms with Gasteiger partial charge < -0.3 is 15.2 Å². The summed E-state index contributed by atoms with van der Waals surface area (Å²) < 4.78 is 5.18. The predicted octanol–water partition coefficient (Wildman–Crippen LogP) is 2.77. The van der Waals surface area contributed by atoms with Gasteiger partial charge in [-0.1, -0.05) is 25.1 Å². The summed E-state index contributed by atoms with van der Waals surface area (Å²) in [5.41, 5.74) is 1.55. The highest BCUT2D eigenvalue weighted by atomic mass is 16.5. The molecule has 1 rings (SSSR count).